The Kier molecular flexibility index (Phi) is 10.6. The third-order valence-electron chi connectivity index (χ3n) is 0.252. The van der Waals surface area contributed by atoms with Crippen molar-refractivity contribution >= 4 is 39.7 Å². The molecule has 0 fully saturated rings. The van der Waals surface area contributed by atoms with Crippen molar-refractivity contribution in [3.63, 3.8) is 0 Å². The zero-order chi connectivity index (χ0) is 4.99. The summed E-state index contributed by atoms with van der Waals surface area (Å²) in [5, 5.41) is 0. The first-order valence-electron chi connectivity index (χ1n) is 1.41. The summed E-state index contributed by atoms with van der Waals surface area (Å²) in [6.45, 7) is 0. The van der Waals surface area contributed by atoms with Crippen LogP contribution in [0.2, 0.25) is 0 Å². The van der Waals surface area contributed by atoms with E-state index < -0.39 is 11.1 Å². The van der Waals surface area contributed by atoms with Gasteiger partial charge >= 0.3 is 0 Å². The van der Waals surface area contributed by atoms with Crippen molar-refractivity contribution in [3.8, 4) is 0 Å². The molecule has 0 aromatic carbocycles. The monoisotopic (exact) mass is 208 g/mol. The highest BCUT2D eigenvalue weighted by Crippen LogP contribution is 1.76. The van der Waals surface area contributed by atoms with Gasteiger partial charge in [-0.1, -0.05) is 0 Å². The third-order valence-corrected chi connectivity index (χ3v) is 1.22. The molecule has 0 spiro atoms. The van der Waals surface area contributed by atoms with E-state index in [2.05, 4.69) is 0 Å². The first-order valence-corrected chi connectivity index (χ1v) is 3.22. The lowest BCUT2D eigenvalue weighted by Gasteiger charge is -1.79. The molecule has 0 heterocycles. The maximum Gasteiger partial charge on any atom is 0.153 e. The van der Waals surface area contributed by atoms with Crippen LogP contribution in [0.4, 0.5) is 0 Å². The molecule has 0 aliphatic heterocycles. The third kappa shape index (κ3) is 10.9. The molecule has 2 nitrogen and oxygen atoms in total. The lowest BCUT2D eigenvalue weighted by molar-refractivity contribution is 0.566. The molecule has 1 N–H and O–H groups in total. The molecule has 0 radical (unpaired) electrons. The number of hydrogen-bond acceptors (Lipinski definition) is 1. The van der Waals surface area contributed by atoms with Crippen molar-refractivity contribution in [1.82, 2.24) is 0 Å². The summed E-state index contributed by atoms with van der Waals surface area (Å²) in [6.07, 6.45) is 0. The van der Waals surface area contributed by atoms with Gasteiger partial charge in [0.2, 0.25) is 0 Å². The average molecular weight is 209 g/mol. The van der Waals surface area contributed by atoms with Gasteiger partial charge in [0.15, 0.2) is 11.1 Å². The molecule has 0 rings (SSSR count). The van der Waals surface area contributed by atoms with Crippen LogP contribution in [-0.2, 0) is 11.1 Å². The summed E-state index contributed by atoms with van der Waals surface area (Å²) in [4.78, 5) is 0. The normalized spacial score (nSPS) is 12.3. The Morgan fingerprint density at radius 3 is 2.14 bits per heavy atom. The van der Waals surface area contributed by atoms with Crippen molar-refractivity contribution in [2.24, 2.45) is 0 Å². The Labute approximate surface area is 60.3 Å². The summed E-state index contributed by atoms with van der Waals surface area (Å²) >= 11 is 3.35. The summed E-state index contributed by atoms with van der Waals surface area (Å²) < 4.78 is 17.6. The molecule has 7 heavy (non-hydrogen) atoms. The van der Waals surface area contributed by atoms with Crippen LogP contribution in [0.25, 0.3) is 0 Å². The van der Waals surface area contributed by atoms with E-state index >= 15 is 0 Å². The quantitative estimate of drug-likeness (QED) is 0.545. The predicted molar refractivity (Wildman–Crippen MR) is 36.7 cm³/mol. The molecule has 0 aliphatic carbocycles. The summed E-state index contributed by atoms with van der Waals surface area (Å²) in [5.74, 6) is 0.421. The second-order valence-electron chi connectivity index (χ2n) is 0.715. The second-order valence-corrected chi connectivity index (χ2v) is 2.14. The fraction of sp³-hybridized carbons (Fsp3) is 1.00. The minimum Gasteiger partial charge on any atom is -0.306 e. The van der Waals surface area contributed by atoms with Crippen LogP contribution < -0.4 is 0 Å². The zero-order valence-corrected chi connectivity index (χ0v) is 6.75. The fourth-order valence-corrected chi connectivity index (χ4v) is 0.594. The highest BCUT2D eigenvalue weighted by molar-refractivity contribution is 8.93. The Balaban J connectivity index is 0. The number of halogens is 2. The van der Waals surface area contributed by atoms with Crippen molar-refractivity contribution < 1.29 is 8.76 Å². The topological polar surface area (TPSA) is 37.3 Å². The number of rotatable bonds is 2. The van der Waals surface area contributed by atoms with Crippen LogP contribution in [0.1, 0.15) is 0 Å². The van der Waals surface area contributed by atoms with Gasteiger partial charge in [0.05, 0.1) is 5.75 Å². The molecule has 0 saturated heterocycles. The van der Waals surface area contributed by atoms with Gasteiger partial charge in [-0.25, -0.2) is 4.21 Å². The summed E-state index contributed by atoms with van der Waals surface area (Å²) in [7, 11) is 0. The van der Waals surface area contributed by atoms with E-state index in [4.69, 9.17) is 16.2 Å². The van der Waals surface area contributed by atoms with Crippen molar-refractivity contribution in [1.29, 1.82) is 0 Å². The van der Waals surface area contributed by atoms with E-state index in [0.717, 1.165) is 0 Å². The van der Waals surface area contributed by atoms with Crippen molar-refractivity contribution in [2.45, 2.75) is 0 Å². The molecule has 1 atom stereocenters. The predicted octanol–water partition coefficient (Wildman–Crippen LogP) is 1.02. The molecule has 5 heteroatoms. The van der Waals surface area contributed by atoms with Crippen LogP contribution in [0.5, 0.6) is 0 Å². The van der Waals surface area contributed by atoms with E-state index in [1.165, 1.54) is 0 Å². The SMILES string of the molecule is Br.O=S(O)CCCl. The van der Waals surface area contributed by atoms with Crippen molar-refractivity contribution in [3.05, 3.63) is 0 Å². The van der Waals surface area contributed by atoms with E-state index in [9.17, 15) is 4.21 Å². The maximum absolute atomic E-state index is 9.63. The molecular formula is C2H6BrClO2S. The van der Waals surface area contributed by atoms with E-state index in [-0.39, 0.29) is 28.6 Å². The van der Waals surface area contributed by atoms with Gasteiger partial charge < -0.3 is 4.55 Å². The molecule has 0 bridgehead atoms. The van der Waals surface area contributed by atoms with Gasteiger partial charge in [0.1, 0.15) is 0 Å². The van der Waals surface area contributed by atoms with Crippen LogP contribution in [-0.4, -0.2) is 20.4 Å². The molecule has 0 saturated carbocycles. The first-order chi connectivity index (χ1) is 2.77. The molecule has 0 aliphatic rings. The highest BCUT2D eigenvalue weighted by atomic mass is 79.9. The Hall–Kier alpha value is 0.880. The van der Waals surface area contributed by atoms with Gasteiger partial charge in [-0.3, -0.25) is 0 Å². The summed E-state index contributed by atoms with van der Waals surface area (Å²) in [6, 6.07) is 0. The lowest BCUT2D eigenvalue weighted by atomic mass is 11.0. The Morgan fingerprint density at radius 1 is 1.71 bits per heavy atom. The lowest BCUT2D eigenvalue weighted by Crippen LogP contribution is -1.93. The standard InChI is InChI=1S/C2H5ClO2S.BrH/c3-1-2-6(4)5;/h1-2H2,(H,4,5);1H. The minimum absolute atomic E-state index is 0. The Bertz CT molecular complexity index is 59.7. The van der Waals surface area contributed by atoms with Gasteiger partial charge in [-0.2, -0.15) is 0 Å². The van der Waals surface area contributed by atoms with Crippen molar-refractivity contribution in [2.75, 3.05) is 11.6 Å². The van der Waals surface area contributed by atoms with E-state index in [1.54, 1.807) is 0 Å². The molecular weight excluding hydrogens is 203 g/mol. The smallest absolute Gasteiger partial charge is 0.153 e. The number of alkyl halides is 1. The minimum atomic E-state index is -1.70. The first kappa shape index (κ1) is 10.8. The highest BCUT2D eigenvalue weighted by Gasteiger charge is 1.85. The maximum atomic E-state index is 9.63. The molecule has 46 valence electrons. The molecule has 0 amide bonds. The van der Waals surface area contributed by atoms with E-state index in [1.807, 2.05) is 0 Å². The van der Waals surface area contributed by atoms with Crippen LogP contribution >= 0.6 is 28.6 Å². The summed E-state index contributed by atoms with van der Waals surface area (Å²) in [5.41, 5.74) is 0. The molecule has 1 unspecified atom stereocenters. The number of hydrogen-bond donors (Lipinski definition) is 1. The molecule has 0 aromatic rings. The average Bonchev–Trinajstić information content (AvgIpc) is 1.35. The largest absolute Gasteiger partial charge is 0.306 e. The van der Waals surface area contributed by atoms with E-state index in [0.29, 0.717) is 0 Å². The fourth-order valence-electron chi connectivity index (χ4n) is 0.0660. The van der Waals surface area contributed by atoms with Gasteiger partial charge in [-0.05, 0) is 0 Å². The second kappa shape index (κ2) is 6.88. The van der Waals surface area contributed by atoms with Gasteiger partial charge in [0, 0.05) is 5.88 Å². The van der Waals surface area contributed by atoms with Crippen LogP contribution in [0.3, 0.4) is 0 Å². The zero-order valence-electron chi connectivity index (χ0n) is 3.46. The Morgan fingerprint density at radius 2 is 2.14 bits per heavy atom. The van der Waals surface area contributed by atoms with Crippen LogP contribution in [0, 0.1) is 0 Å². The van der Waals surface area contributed by atoms with Gasteiger partial charge in [-0.15, -0.1) is 28.6 Å². The van der Waals surface area contributed by atoms with Crippen LogP contribution in [0.15, 0.2) is 0 Å². The van der Waals surface area contributed by atoms with Gasteiger partial charge in [0.25, 0.3) is 0 Å². The molecule has 0 aromatic heterocycles.